The van der Waals surface area contributed by atoms with Crippen LogP contribution in [0.4, 0.5) is 0 Å². The molecule has 0 amide bonds. The standard InChI is InChI=1S/C24H27N5OS/c1-29-18-20(23(28-29)19-7-3-2-4-8-19)17-27-24(25-13-11-21-9-5-15-30-21)26-14-12-22-10-6-16-31-22/h2-10,15-16,18H,11-14,17H2,1H3,(H2,25,26,27). The van der Waals surface area contributed by atoms with Crippen molar-refractivity contribution in [2.24, 2.45) is 12.0 Å². The highest BCUT2D eigenvalue weighted by atomic mass is 32.1. The Morgan fingerprint density at radius 2 is 1.87 bits per heavy atom. The first-order chi connectivity index (χ1) is 15.3. The van der Waals surface area contributed by atoms with Crippen LogP contribution in [0.3, 0.4) is 0 Å². The van der Waals surface area contributed by atoms with Crippen molar-refractivity contribution in [2.75, 3.05) is 13.1 Å². The first-order valence-corrected chi connectivity index (χ1v) is 11.3. The van der Waals surface area contributed by atoms with E-state index in [2.05, 4.69) is 45.4 Å². The van der Waals surface area contributed by atoms with Crippen molar-refractivity contribution in [3.05, 3.63) is 88.6 Å². The number of nitrogens with zero attached hydrogens (tertiary/aromatic N) is 3. The Morgan fingerprint density at radius 3 is 2.61 bits per heavy atom. The van der Waals surface area contributed by atoms with Crippen LogP contribution in [-0.4, -0.2) is 28.8 Å². The number of furan rings is 1. The molecule has 0 spiro atoms. The second-order valence-electron chi connectivity index (χ2n) is 7.22. The minimum atomic E-state index is 0.549. The van der Waals surface area contributed by atoms with Crippen LogP contribution in [0.15, 0.2) is 81.8 Å². The number of nitrogens with one attached hydrogen (secondary N) is 2. The van der Waals surface area contributed by atoms with Crippen LogP contribution in [0, 0.1) is 0 Å². The van der Waals surface area contributed by atoms with Crippen molar-refractivity contribution in [1.82, 2.24) is 20.4 Å². The zero-order chi connectivity index (χ0) is 21.3. The Labute approximate surface area is 186 Å². The van der Waals surface area contributed by atoms with Gasteiger partial charge in [0.2, 0.25) is 0 Å². The van der Waals surface area contributed by atoms with Crippen molar-refractivity contribution in [3.8, 4) is 11.3 Å². The number of hydrogen-bond donors (Lipinski definition) is 2. The van der Waals surface area contributed by atoms with E-state index in [-0.39, 0.29) is 0 Å². The summed E-state index contributed by atoms with van der Waals surface area (Å²) >= 11 is 1.78. The van der Waals surface area contributed by atoms with Gasteiger partial charge in [0.05, 0.1) is 18.5 Å². The van der Waals surface area contributed by atoms with Gasteiger partial charge in [0.25, 0.3) is 0 Å². The molecular weight excluding hydrogens is 406 g/mol. The SMILES string of the molecule is Cn1cc(CN=C(NCCc2ccco2)NCCc2cccs2)c(-c2ccccc2)n1. The van der Waals surface area contributed by atoms with Crippen molar-refractivity contribution in [1.29, 1.82) is 0 Å². The summed E-state index contributed by atoms with van der Waals surface area (Å²) in [6, 6.07) is 18.4. The van der Waals surface area contributed by atoms with E-state index in [9.17, 15) is 0 Å². The minimum absolute atomic E-state index is 0.549. The Bertz CT molecular complexity index is 1030. The second kappa shape index (κ2) is 10.6. The summed E-state index contributed by atoms with van der Waals surface area (Å²) in [5.41, 5.74) is 3.17. The molecule has 7 heteroatoms. The maximum absolute atomic E-state index is 5.43. The molecule has 0 aliphatic rings. The molecule has 0 unspecified atom stereocenters. The fourth-order valence-electron chi connectivity index (χ4n) is 3.35. The van der Waals surface area contributed by atoms with E-state index in [1.165, 1.54) is 4.88 Å². The summed E-state index contributed by atoms with van der Waals surface area (Å²) in [5.74, 6) is 1.76. The maximum atomic E-state index is 5.43. The van der Waals surface area contributed by atoms with Crippen LogP contribution in [0.25, 0.3) is 11.3 Å². The van der Waals surface area contributed by atoms with Crippen LogP contribution in [0.2, 0.25) is 0 Å². The van der Waals surface area contributed by atoms with Gasteiger partial charge in [-0.15, -0.1) is 11.3 Å². The van der Waals surface area contributed by atoms with E-state index in [0.717, 1.165) is 54.5 Å². The van der Waals surface area contributed by atoms with E-state index in [0.29, 0.717) is 6.54 Å². The largest absolute Gasteiger partial charge is 0.469 e. The average molecular weight is 434 g/mol. The molecule has 3 heterocycles. The van der Waals surface area contributed by atoms with Crippen LogP contribution < -0.4 is 10.6 Å². The number of thiophene rings is 1. The molecule has 0 fully saturated rings. The second-order valence-corrected chi connectivity index (χ2v) is 8.25. The van der Waals surface area contributed by atoms with Gasteiger partial charge in [0.1, 0.15) is 5.76 Å². The molecule has 3 aromatic heterocycles. The predicted octanol–water partition coefficient (Wildman–Crippen LogP) is 4.26. The third kappa shape index (κ3) is 6.08. The maximum Gasteiger partial charge on any atom is 0.191 e. The first kappa shape index (κ1) is 20.9. The van der Waals surface area contributed by atoms with Gasteiger partial charge in [-0.3, -0.25) is 4.68 Å². The van der Waals surface area contributed by atoms with E-state index in [1.807, 2.05) is 48.3 Å². The predicted molar refractivity (Wildman–Crippen MR) is 126 cm³/mol. The molecule has 0 bridgehead atoms. The zero-order valence-electron chi connectivity index (χ0n) is 17.6. The Kier molecular flexibility index (Phi) is 7.18. The summed E-state index contributed by atoms with van der Waals surface area (Å²) in [5, 5.41) is 13.6. The van der Waals surface area contributed by atoms with Crippen molar-refractivity contribution in [3.63, 3.8) is 0 Å². The Balaban J connectivity index is 1.43. The summed E-state index contributed by atoms with van der Waals surface area (Å²) in [7, 11) is 1.95. The molecule has 1 aromatic carbocycles. The van der Waals surface area contributed by atoms with Crippen LogP contribution in [0.5, 0.6) is 0 Å². The lowest BCUT2D eigenvalue weighted by Gasteiger charge is -2.12. The molecular formula is C24H27N5OS. The van der Waals surface area contributed by atoms with Crippen LogP contribution in [-0.2, 0) is 26.4 Å². The number of aromatic nitrogens is 2. The van der Waals surface area contributed by atoms with Crippen molar-refractivity contribution in [2.45, 2.75) is 19.4 Å². The van der Waals surface area contributed by atoms with Gasteiger partial charge in [-0.25, -0.2) is 4.99 Å². The van der Waals surface area contributed by atoms with Gasteiger partial charge >= 0.3 is 0 Å². The number of aliphatic imine (C=N–C) groups is 1. The molecule has 6 nitrogen and oxygen atoms in total. The Morgan fingerprint density at radius 1 is 1.03 bits per heavy atom. The molecule has 31 heavy (non-hydrogen) atoms. The normalized spacial score (nSPS) is 11.6. The summed E-state index contributed by atoms with van der Waals surface area (Å²) in [6.45, 7) is 2.12. The van der Waals surface area contributed by atoms with E-state index >= 15 is 0 Å². The van der Waals surface area contributed by atoms with Crippen LogP contribution in [0.1, 0.15) is 16.2 Å². The molecule has 0 saturated carbocycles. The summed E-state index contributed by atoms with van der Waals surface area (Å²) < 4.78 is 7.28. The topological polar surface area (TPSA) is 67.4 Å². The highest BCUT2D eigenvalue weighted by Gasteiger charge is 2.10. The molecule has 2 N–H and O–H groups in total. The Hall–Kier alpha value is -3.32. The lowest BCUT2D eigenvalue weighted by atomic mass is 10.1. The van der Waals surface area contributed by atoms with E-state index in [4.69, 9.17) is 9.41 Å². The third-order valence-corrected chi connectivity index (χ3v) is 5.78. The summed E-state index contributed by atoms with van der Waals surface area (Å²) in [6.07, 6.45) is 5.52. The lowest BCUT2D eigenvalue weighted by Crippen LogP contribution is -2.39. The molecule has 0 radical (unpaired) electrons. The average Bonchev–Trinajstić information content (AvgIpc) is 3.55. The molecule has 0 aliphatic carbocycles. The molecule has 4 rings (SSSR count). The number of rotatable bonds is 9. The smallest absolute Gasteiger partial charge is 0.191 e. The fourth-order valence-corrected chi connectivity index (χ4v) is 4.06. The number of guanidine groups is 1. The van der Waals surface area contributed by atoms with Gasteiger partial charge < -0.3 is 15.1 Å². The number of hydrogen-bond acceptors (Lipinski definition) is 4. The molecule has 0 aliphatic heterocycles. The van der Waals surface area contributed by atoms with Crippen LogP contribution >= 0.6 is 11.3 Å². The highest BCUT2D eigenvalue weighted by molar-refractivity contribution is 7.09. The zero-order valence-corrected chi connectivity index (χ0v) is 18.4. The van der Waals surface area contributed by atoms with Gasteiger partial charge in [0.15, 0.2) is 5.96 Å². The third-order valence-electron chi connectivity index (χ3n) is 4.85. The van der Waals surface area contributed by atoms with Gasteiger partial charge in [0, 0.05) is 48.8 Å². The highest BCUT2D eigenvalue weighted by Crippen LogP contribution is 2.22. The molecule has 0 atom stereocenters. The van der Waals surface area contributed by atoms with Gasteiger partial charge in [-0.05, 0) is 30.0 Å². The first-order valence-electron chi connectivity index (χ1n) is 10.4. The quantitative estimate of drug-likeness (QED) is 0.306. The number of benzene rings is 1. The van der Waals surface area contributed by atoms with Crippen molar-refractivity contribution < 1.29 is 4.42 Å². The number of aryl methyl sites for hydroxylation is 1. The summed E-state index contributed by atoms with van der Waals surface area (Å²) in [4.78, 5) is 6.21. The van der Waals surface area contributed by atoms with E-state index < -0.39 is 0 Å². The minimum Gasteiger partial charge on any atom is -0.469 e. The fraction of sp³-hybridized carbons (Fsp3) is 0.250. The van der Waals surface area contributed by atoms with Crippen molar-refractivity contribution >= 4 is 17.3 Å². The molecule has 160 valence electrons. The molecule has 4 aromatic rings. The van der Waals surface area contributed by atoms with Gasteiger partial charge in [-0.2, -0.15) is 5.10 Å². The molecule has 0 saturated heterocycles. The lowest BCUT2D eigenvalue weighted by molar-refractivity contribution is 0.506. The monoisotopic (exact) mass is 433 g/mol. The van der Waals surface area contributed by atoms with Gasteiger partial charge in [-0.1, -0.05) is 36.4 Å². The van der Waals surface area contributed by atoms with E-state index in [1.54, 1.807) is 17.6 Å².